The topological polar surface area (TPSA) is 63.6 Å². The molecule has 1 N–H and O–H groups in total. The van der Waals surface area contributed by atoms with E-state index in [0.29, 0.717) is 43.6 Å². The Balaban J connectivity index is 1.52. The Hall–Kier alpha value is -1.82. The molecule has 2 aliphatic rings. The Kier molecular flexibility index (Phi) is 4.94. The summed E-state index contributed by atoms with van der Waals surface area (Å²) in [5.41, 5.74) is 0.658. The average molecular weight is 333 g/mol. The third-order valence-electron chi connectivity index (χ3n) is 5.08. The van der Waals surface area contributed by atoms with Crippen LogP contribution in [0, 0.1) is 17.8 Å². The van der Waals surface area contributed by atoms with Crippen LogP contribution in [0.15, 0.2) is 18.3 Å². The molecule has 0 aromatic carbocycles. The van der Waals surface area contributed by atoms with Gasteiger partial charge in [-0.15, -0.1) is 0 Å². The molecule has 3 atom stereocenters. The Bertz CT molecular complexity index is 610. The van der Waals surface area contributed by atoms with Crippen LogP contribution in [0.4, 0.5) is 0 Å². The molecule has 2 saturated heterocycles. The largest absolute Gasteiger partial charge is 0.376 e. The zero-order valence-corrected chi connectivity index (χ0v) is 14.7. The van der Waals surface area contributed by atoms with Gasteiger partial charge in [-0.25, -0.2) is 0 Å². The first-order valence-corrected chi connectivity index (χ1v) is 8.74. The highest BCUT2D eigenvalue weighted by molar-refractivity contribution is 5.92. The summed E-state index contributed by atoms with van der Waals surface area (Å²) in [4.78, 5) is 26.4. The van der Waals surface area contributed by atoms with Crippen molar-refractivity contribution >= 4 is 11.8 Å². The van der Waals surface area contributed by atoms with Crippen LogP contribution in [-0.4, -0.2) is 53.6 Å². The van der Waals surface area contributed by atoms with Crippen LogP contribution in [-0.2, 0) is 16.6 Å². The molecular formula is C18H27N3O3. The number of rotatable bonds is 5. The second kappa shape index (κ2) is 6.97. The van der Waals surface area contributed by atoms with Gasteiger partial charge in [0.25, 0.3) is 5.91 Å². The van der Waals surface area contributed by atoms with E-state index in [1.54, 1.807) is 0 Å². The lowest BCUT2D eigenvalue weighted by molar-refractivity contribution is -0.131. The van der Waals surface area contributed by atoms with Crippen LogP contribution in [0.5, 0.6) is 0 Å². The molecule has 0 saturated carbocycles. The van der Waals surface area contributed by atoms with E-state index in [1.165, 1.54) is 0 Å². The summed E-state index contributed by atoms with van der Waals surface area (Å²) in [6.45, 7) is 6.83. The first-order valence-electron chi connectivity index (χ1n) is 8.74. The molecular weight excluding hydrogens is 306 g/mol. The van der Waals surface area contributed by atoms with Crippen molar-refractivity contribution in [2.24, 2.45) is 24.8 Å². The van der Waals surface area contributed by atoms with Gasteiger partial charge in [0.2, 0.25) is 5.91 Å². The SMILES string of the molecule is CC(C)CC(=O)N1C[C@@H]2[C@@H](CNC(=O)c3cccn3C)CO[C@@H]2C1. The number of hydrogen-bond acceptors (Lipinski definition) is 3. The van der Waals surface area contributed by atoms with E-state index in [9.17, 15) is 9.59 Å². The van der Waals surface area contributed by atoms with Crippen LogP contribution in [0.1, 0.15) is 30.8 Å². The molecule has 0 radical (unpaired) electrons. The van der Waals surface area contributed by atoms with Crippen molar-refractivity contribution in [1.82, 2.24) is 14.8 Å². The van der Waals surface area contributed by atoms with Crippen LogP contribution >= 0.6 is 0 Å². The molecule has 1 aromatic heterocycles. The molecule has 3 heterocycles. The minimum absolute atomic E-state index is 0.0586. The molecule has 0 bridgehead atoms. The molecule has 0 unspecified atom stereocenters. The lowest BCUT2D eigenvalue weighted by Gasteiger charge is -2.21. The van der Waals surface area contributed by atoms with Gasteiger partial charge in [0.1, 0.15) is 5.69 Å². The molecule has 2 amide bonds. The maximum absolute atomic E-state index is 12.3. The first-order chi connectivity index (χ1) is 11.5. The zero-order valence-electron chi connectivity index (χ0n) is 14.7. The van der Waals surface area contributed by atoms with E-state index in [-0.39, 0.29) is 23.8 Å². The second-order valence-electron chi connectivity index (χ2n) is 7.41. The van der Waals surface area contributed by atoms with Crippen molar-refractivity contribution in [3.8, 4) is 0 Å². The van der Waals surface area contributed by atoms with E-state index in [1.807, 2.05) is 34.8 Å². The Labute approximate surface area is 143 Å². The van der Waals surface area contributed by atoms with Gasteiger partial charge in [-0.2, -0.15) is 0 Å². The summed E-state index contributed by atoms with van der Waals surface area (Å²) in [6.07, 6.45) is 2.57. The number of carbonyl (C=O) groups is 2. The maximum Gasteiger partial charge on any atom is 0.267 e. The van der Waals surface area contributed by atoms with Crippen LogP contribution in [0.25, 0.3) is 0 Å². The molecule has 24 heavy (non-hydrogen) atoms. The van der Waals surface area contributed by atoms with E-state index in [4.69, 9.17) is 4.74 Å². The van der Waals surface area contributed by atoms with E-state index < -0.39 is 0 Å². The summed E-state index contributed by atoms with van der Waals surface area (Å²) in [5.74, 6) is 1.14. The molecule has 1 aromatic rings. The van der Waals surface area contributed by atoms with E-state index in [0.717, 1.165) is 6.54 Å². The summed E-state index contributed by atoms with van der Waals surface area (Å²) < 4.78 is 7.68. The van der Waals surface area contributed by atoms with Gasteiger partial charge in [-0.3, -0.25) is 9.59 Å². The number of carbonyl (C=O) groups excluding carboxylic acids is 2. The zero-order chi connectivity index (χ0) is 17.3. The molecule has 0 aliphatic carbocycles. The van der Waals surface area contributed by atoms with Crippen molar-refractivity contribution < 1.29 is 14.3 Å². The molecule has 6 nitrogen and oxygen atoms in total. The number of aromatic nitrogens is 1. The Morgan fingerprint density at radius 2 is 2.17 bits per heavy atom. The van der Waals surface area contributed by atoms with E-state index >= 15 is 0 Å². The number of amides is 2. The molecule has 132 valence electrons. The number of likely N-dealkylation sites (tertiary alicyclic amines) is 1. The minimum atomic E-state index is -0.0586. The molecule has 0 spiro atoms. The number of hydrogen-bond donors (Lipinski definition) is 1. The summed E-state index contributed by atoms with van der Waals surface area (Å²) in [6, 6.07) is 3.67. The van der Waals surface area contributed by atoms with E-state index in [2.05, 4.69) is 19.2 Å². The molecule has 2 fully saturated rings. The van der Waals surface area contributed by atoms with Crippen LogP contribution in [0.2, 0.25) is 0 Å². The number of aryl methyl sites for hydroxylation is 1. The number of fused-ring (bicyclic) bond motifs is 1. The van der Waals surface area contributed by atoms with Gasteiger partial charge in [0.05, 0.1) is 12.7 Å². The van der Waals surface area contributed by atoms with Crippen molar-refractivity contribution in [2.45, 2.75) is 26.4 Å². The van der Waals surface area contributed by atoms with Gasteiger partial charge >= 0.3 is 0 Å². The van der Waals surface area contributed by atoms with Gasteiger partial charge in [-0.1, -0.05) is 13.8 Å². The fraction of sp³-hybridized carbons (Fsp3) is 0.667. The molecule has 2 aliphatic heterocycles. The number of nitrogens with zero attached hydrogens (tertiary/aromatic N) is 2. The highest BCUT2D eigenvalue weighted by atomic mass is 16.5. The molecule has 6 heteroatoms. The number of ether oxygens (including phenoxy) is 1. The number of nitrogens with one attached hydrogen (secondary N) is 1. The third kappa shape index (κ3) is 3.48. The quantitative estimate of drug-likeness (QED) is 0.883. The lowest BCUT2D eigenvalue weighted by Crippen LogP contribution is -2.36. The van der Waals surface area contributed by atoms with Gasteiger partial charge in [0.15, 0.2) is 0 Å². The lowest BCUT2D eigenvalue weighted by atomic mass is 9.93. The van der Waals surface area contributed by atoms with Crippen molar-refractivity contribution in [3.05, 3.63) is 24.0 Å². The van der Waals surface area contributed by atoms with Crippen LogP contribution in [0.3, 0.4) is 0 Å². The maximum atomic E-state index is 12.3. The summed E-state index contributed by atoms with van der Waals surface area (Å²) in [5, 5.41) is 3.01. The predicted octanol–water partition coefficient (Wildman–Crippen LogP) is 1.27. The summed E-state index contributed by atoms with van der Waals surface area (Å²) >= 11 is 0. The second-order valence-corrected chi connectivity index (χ2v) is 7.41. The third-order valence-corrected chi connectivity index (χ3v) is 5.08. The summed E-state index contributed by atoms with van der Waals surface area (Å²) in [7, 11) is 1.86. The molecule has 3 rings (SSSR count). The smallest absolute Gasteiger partial charge is 0.267 e. The van der Waals surface area contributed by atoms with Crippen LogP contribution < -0.4 is 5.32 Å². The average Bonchev–Trinajstić information content (AvgIpc) is 3.19. The van der Waals surface area contributed by atoms with Gasteiger partial charge in [-0.05, 0) is 18.1 Å². The van der Waals surface area contributed by atoms with Gasteiger partial charge in [0, 0.05) is 51.1 Å². The van der Waals surface area contributed by atoms with Gasteiger partial charge < -0.3 is 19.5 Å². The fourth-order valence-corrected chi connectivity index (χ4v) is 3.70. The highest BCUT2D eigenvalue weighted by Crippen LogP contribution is 2.33. The standard InChI is InChI=1S/C18H27N3O3/c1-12(2)7-17(22)21-9-14-13(11-24-16(14)10-21)8-19-18(23)15-5-4-6-20(15)3/h4-6,12-14,16H,7-11H2,1-3H3,(H,19,23)/t13-,14+,16+/m0/s1. The van der Waals surface area contributed by atoms with Crippen molar-refractivity contribution in [1.29, 1.82) is 0 Å². The van der Waals surface area contributed by atoms with Crippen molar-refractivity contribution in [3.63, 3.8) is 0 Å². The Morgan fingerprint density at radius 1 is 1.38 bits per heavy atom. The monoisotopic (exact) mass is 333 g/mol. The predicted molar refractivity (Wildman–Crippen MR) is 90.5 cm³/mol. The fourth-order valence-electron chi connectivity index (χ4n) is 3.70. The highest BCUT2D eigenvalue weighted by Gasteiger charge is 2.45. The van der Waals surface area contributed by atoms with Crippen molar-refractivity contribution in [2.75, 3.05) is 26.2 Å². The first kappa shape index (κ1) is 17.0. The Morgan fingerprint density at radius 3 is 2.83 bits per heavy atom. The normalized spacial score (nSPS) is 26.0. The minimum Gasteiger partial charge on any atom is -0.376 e.